The third-order valence-electron chi connectivity index (χ3n) is 4.10. The molecule has 2 bridgehead atoms. The lowest BCUT2D eigenvalue weighted by molar-refractivity contribution is 0.0906. The van der Waals surface area contributed by atoms with Crippen molar-refractivity contribution >= 4 is 17.5 Å². The van der Waals surface area contributed by atoms with Crippen LogP contribution in [0.1, 0.15) is 36.0 Å². The first-order valence-electron chi connectivity index (χ1n) is 6.70. The van der Waals surface area contributed by atoms with Gasteiger partial charge in [0, 0.05) is 22.0 Å². The predicted molar refractivity (Wildman–Crippen MR) is 74.4 cm³/mol. The van der Waals surface area contributed by atoms with E-state index in [-0.39, 0.29) is 17.5 Å². The standard InChI is InChI=1S/C15H17FO2S/c1-18-14-8-9(2-5-13(14)16)15(17)10-6-11-3-4-12(7-10)19-11/h2,5,8,10-12H,3-4,6-7H2,1H3. The Balaban J connectivity index is 1.80. The van der Waals surface area contributed by atoms with Crippen molar-refractivity contribution in [2.24, 2.45) is 5.92 Å². The van der Waals surface area contributed by atoms with Crippen LogP contribution in [0.4, 0.5) is 4.39 Å². The Kier molecular flexibility index (Phi) is 3.52. The highest BCUT2D eigenvalue weighted by atomic mass is 32.2. The van der Waals surface area contributed by atoms with E-state index in [0.717, 1.165) is 12.8 Å². The number of hydrogen-bond donors (Lipinski definition) is 0. The second-order valence-electron chi connectivity index (χ2n) is 5.34. The molecule has 0 aliphatic carbocycles. The van der Waals surface area contributed by atoms with Gasteiger partial charge in [-0.1, -0.05) is 0 Å². The van der Waals surface area contributed by atoms with Gasteiger partial charge in [0.05, 0.1) is 7.11 Å². The van der Waals surface area contributed by atoms with Gasteiger partial charge in [-0.2, -0.15) is 11.8 Å². The van der Waals surface area contributed by atoms with Crippen molar-refractivity contribution in [1.82, 2.24) is 0 Å². The van der Waals surface area contributed by atoms with E-state index in [1.165, 1.54) is 32.1 Å². The van der Waals surface area contributed by atoms with Crippen molar-refractivity contribution in [3.63, 3.8) is 0 Å². The molecule has 2 saturated heterocycles. The smallest absolute Gasteiger partial charge is 0.166 e. The van der Waals surface area contributed by atoms with Gasteiger partial charge in [0.25, 0.3) is 0 Å². The minimum Gasteiger partial charge on any atom is -0.494 e. The van der Waals surface area contributed by atoms with E-state index >= 15 is 0 Å². The molecule has 0 saturated carbocycles. The van der Waals surface area contributed by atoms with Crippen LogP contribution >= 0.6 is 11.8 Å². The minimum atomic E-state index is -0.418. The van der Waals surface area contributed by atoms with Crippen LogP contribution in [0.3, 0.4) is 0 Å². The number of benzene rings is 1. The van der Waals surface area contributed by atoms with E-state index in [9.17, 15) is 9.18 Å². The van der Waals surface area contributed by atoms with Gasteiger partial charge < -0.3 is 4.74 Å². The lowest BCUT2D eigenvalue weighted by Crippen LogP contribution is -2.24. The van der Waals surface area contributed by atoms with E-state index in [0.29, 0.717) is 16.1 Å². The lowest BCUT2D eigenvalue weighted by Gasteiger charge is -2.26. The molecule has 0 N–H and O–H groups in total. The molecule has 102 valence electrons. The Bertz CT molecular complexity index is 491. The molecule has 0 amide bonds. The van der Waals surface area contributed by atoms with Gasteiger partial charge in [0.2, 0.25) is 0 Å². The highest BCUT2D eigenvalue weighted by molar-refractivity contribution is 8.00. The molecule has 1 aromatic carbocycles. The van der Waals surface area contributed by atoms with Gasteiger partial charge in [0.1, 0.15) is 0 Å². The summed E-state index contributed by atoms with van der Waals surface area (Å²) in [7, 11) is 1.42. The Morgan fingerprint density at radius 3 is 2.63 bits per heavy atom. The predicted octanol–water partition coefficient (Wildman–Crippen LogP) is 3.69. The summed E-state index contributed by atoms with van der Waals surface area (Å²) in [6.07, 6.45) is 4.43. The molecule has 1 aromatic rings. The number of carbonyl (C=O) groups is 1. The van der Waals surface area contributed by atoms with Crippen LogP contribution in [-0.2, 0) is 0 Å². The molecule has 0 radical (unpaired) electrons. The normalized spacial score (nSPS) is 29.3. The number of hydrogen-bond acceptors (Lipinski definition) is 3. The average Bonchev–Trinajstić information content (AvgIpc) is 2.77. The molecule has 2 aliphatic heterocycles. The fourth-order valence-electron chi connectivity index (χ4n) is 3.12. The van der Waals surface area contributed by atoms with Crippen LogP contribution in [0.2, 0.25) is 0 Å². The molecular weight excluding hydrogens is 263 g/mol. The van der Waals surface area contributed by atoms with Gasteiger partial charge in [-0.05, 0) is 43.9 Å². The summed E-state index contributed by atoms with van der Waals surface area (Å²) in [5, 5.41) is 1.30. The quantitative estimate of drug-likeness (QED) is 0.790. The van der Waals surface area contributed by atoms with Crippen molar-refractivity contribution < 1.29 is 13.9 Å². The molecule has 2 nitrogen and oxygen atoms in total. The van der Waals surface area contributed by atoms with Gasteiger partial charge in [-0.15, -0.1) is 0 Å². The van der Waals surface area contributed by atoms with Crippen LogP contribution in [0, 0.1) is 11.7 Å². The molecule has 2 aliphatic rings. The third-order valence-corrected chi connectivity index (χ3v) is 5.72. The fraction of sp³-hybridized carbons (Fsp3) is 0.533. The highest BCUT2D eigenvalue weighted by Gasteiger charge is 2.37. The van der Waals surface area contributed by atoms with Crippen LogP contribution in [0.25, 0.3) is 0 Å². The zero-order valence-corrected chi connectivity index (χ0v) is 11.7. The molecule has 4 heteroatoms. The molecule has 0 aromatic heterocycles. The first kappa shape index (κ1) is 13.0. The van der Waals surface area contributed by atoms with Crippen molar-refractivity contribution in [2.45, 2.75) is 36.2 Å². The second kappa shape index (κ2) is 5.16. The molecule has 2 unspecified atom stereocenters. The number of Topliss-reactive ketones (excluding diaryl/α,β-unsaturated/α-hetero) is 1. The molecule has 0 spiro atoms. The van der Waals surface area contributed by atoms with E-state index < -0.39 is 5.82 Å². The summed E-state index contributed by atoms with van der Waals surface area (Å²) in [4.78, 5) is 12.5. The van der Waals surface area contributed by atoms with Crippen LogP contribution < -0.4 is 4.74 Å². The van der Waals surface area contributed by atoms with Gasteiger partial charge >= 0.3 is 0 Å². The lowest BCUT2D eigenvalue weighted by atomic mass is 9.90. The Labute approximate surface area is 116 Å². The molecule has 19 heavy (non-hydrogen) atoms. The van der Waals surface area contributed by atoms with Crippen molar-refractivity contribution in [2.75, 3.05) is 7.11 Å². The second-order valence-corrected chi connectivity index (χ2v) is 6.94. The van der Waals surface area contributed by atoms with E-state index in [1.54, 1.807) is 6.07 Å². The third kappa shape index (κ3) is 2.50. The van der Waals surface area contributed by atoms with Gasteiger partial charge in [-0.25, -0.2) is 4.39 Å². The fourth-order valence-corrected chi connectivity index (χ4v) is 4.90. The first-order chi connectivity index (χ1) is 9.17. The van der Waals surface area contributed by atoms with E-state index in [2.05, 4.69) is 0 Å². The minimum absolute atomic E-state index is 0.105. The summed E-state index contributed by atoms with van der Waals surface area (Å²) in [6.45, 7) is 0. The maximum atomic E-state index is 13.4. The summed E-state index contributed by atoms with van der Waals surface area (Å²) in [6, 6.07) is 4.42. The van der Waals surface area contributed by atoms with Crippen LogP contribution in [-0.4, -0.2) is 23.4 Å². The SMILES string of the molecule is COc1cc(C(=O)C2CC3CCC(C2)S3)ccc1F. The molecule has 2 atom stereocenters. The molecule has 2 fully saturated rings. The van der Waals surface area contributed by atoms with Crippen LogP contribution in [0.5, 0.6) is 5.75 Å². The number of fused-ring (bicyclic) bond motifs is 2. The van der Waals surface area contributed by atoms with Crippen molar-refractivity contribution in [1.29, 1.82) is 0 Å². The number of methoxy groups -OCH3 is 1. The number of carbonyl (C=O) groups excluding carboxylic acids is 1. The number of rotatable bonds is 3. The first-order valence-corrected chi connectivity index (χ1v) is 7.65. The van der Waals surface area contributed by atoms with Crippen LogP contribution in [0.15, 0.2) is 18.2 Å². The Hall–Kier alpha value is -1.03. The largest absolute Gasteiger partial charge is 0.494 e. The number of thioether (sulfide) groups is 1. The highest BCUT2D eigenvalue weighted by Crippen LogP contribution is 2.46. The monoisotopic (exact) mass is 280 g/mol. The topological polar surface area (TPSA) is 26.3 Å². The maximum absolute atomic E-state index is 13.4. The average molecular weight is 280 g/mol. The van der Waals surface area contributed by atoms with E-state index in [1.807, 2.05) is 11.8 Å². The summed E-state index contributed by atoms with van der Waals surface area (Å²) >= 11 is 2.04. The number of ketones is 1. The Morgan fingerprint density at radius 2 is 2.00 bits per heavy atom. The molecular formula is C15H17FO2S. The number of halogens is 1. The van der Waals surface area contributed by atoms with Crippen molar-refractivity contribution in [3.05, 3.63) is 29.6 Å². The number of ether oxygens (including phenoxy) is 1. The summed E-state index contributed by atoms with van der Waals surface area (Å²) < 4.78 is 18.3. The van der Waals surface area contributed by atoms with Crippen molar-refractivity contribution in [3.8, 4) is 5.75 Å². The molecule has 3 rings (SSSR count). The zero-order valence-electron chi connectivity index (χ0n) is 10.9. The maximum Gasteiger partial charge on any atom is 0.166 e. The Morgan fingerprint density at radius 1 is 1.32 bits per heavy atom. The van der Waals surface area contributed by atoms with Gasteiger partial charge in [-0.3, -0.25) is 4.79 Å². The van der Waals surface area contributed by atoms with E-state index in [4.69, 9.17) is 4.74 Å². The summed E-state index contributed by atoms with van der Waals surface area (Å²) in [5.74, 6) is -0.0123. The summed E-state index contributed by atoms with van der Waals surface area (Å²) in [5.41, 5.74) is 0.578. The zero-order chi connectivity index (χ0) is 13.4. The molecule has 2 heterocycles. The van der Waals surface area contributed by atoms with Gasteiger partial charge in [0.15, 0.2) is 17.3 Å².